The van der Waals surface area contributed by atoms with E-state index in [0.717, 1.165) is 38.9 Å². The molecule has 0 atom stereocenters. The molecule has 0 saturated carbocycles. The number of thioether (sulfide) groups is 1. The van der Waals surface area contributed by atoms with Gasteiger partial charge in [0.15, 0.2) is 0 Å². The molecule has 0 aromatic heterocycles. The zero-order chi connectivity index (χ0) is 20.5. The monoisotopic (exact) mass is 480 g/mol. The lowest BCUT2D eigenvalue weighted by Crippen LogP contribution is -2.17. The maximum Gasteiger partial charge on any atom is 0.0736 e. The van der Waals surface area contributed by atoms with Crippen molar-refractivity contribution in [2.75, 3.05) is 10.8 Å². The van der Waals surface area contributed by atoms with E-state index in [-0.39, 0.29) is 0 Å². The molecule has 1 heterocycles. The first kappa shape index (κ1) is 20.9. The molecule has 0 spiro atoms. The maximum absolute atomic E-state index is 6.33. The Morgan fingerprint density at radius 1 is 0.793 bits per heavy atom. The maximum atomic E-state index is 6.33. The van der Waals surface area contributed by atoms with Gasteiger partial charge in [0, 0.05) is 32.7 Å². The standard InChI is InChI=1S/C22H16Cl4N2S/c23-16-7-15(8-17(24)10-16)22-21(14-3-6-19(25)20(26)9-14)28(12-29-22)18-4-1-13(11-27)2-5-18/h1-10H,11-12,27H2. The predicted octanol–water partition coefficient (Wildman–Crippen LogP) is 7.80. The van der Waals surface area contributed by atoms with E-state index in [1.165, 1.54) is 0 Å². The number of nitrogens with zero attached hydrogens (tertiary/aromatic N) is 1. The van der Waals surface area contributed by atoms with Gasteiger partial charge in [-0.25, -0.2) is 0 Å². The first-order valence-corrected chi connectivity index (χ1v) is 11.3. The summed E-state index contributed by atoms with van der Waals surface area (Å²) in [6.07, 6.45) is 0. The molecular weight excluding hydrogens is 466 g/mol. The summed E-state index contributed by atoms with van der Waals surface area (Å²) in [5.74, 6) is 0.747. The number of rotatable bonds is 4. The van der Waals surface area contributed by atoms with Crippen LogP contribution in [0.5, 0.6) is 0 Å². The Morgan fingerprint density at radius 2 is 1.48 bits per heavy atom. The Hall–Kier alpha value is -1.33. The third-order valence-corrected chi connectivity index (χ3v) is 6.90. The fraction of sp³-hybridized carbons (Fsp3) is 0.0909. The van der Waals surface area contributed by atoms with Crippen molar-refractivity contribution in [2.24, 2.45) is 5.73 Å². The minimum atomic E-state index is 0.510. The van der Waals surface area contributed by atoms with Gasteiger partial charge in [0.25, 0.3) is 0 Å². The van der Waals surface area contributed by atoms with E-state index in [0.29, 0.717) is 26.6 Å². The van der Waals surface area contributed by atoms with Gasteiger partial charge in [0.2, 0.25) is 0 Å². The van der Waals surface area contributed by atoms with Crippen LogP contribution in [0.3, 0.4) is 0 Å². The first-order chi connectivity index (χ1) is 14.0. The Labute approximate surface area is 194 Å². The van der Waals surface area contributed by atoms with E-state index in [9.17, 15) is 0 Å². The van der Waals surface area contributed by atoms with Gasteiger partial charge in [-0.2, -0.15) is 0 Å². The van der Waals surface area contributed by atoms with Crippen LogP contribution >= 0.6 is 58.2 Å². The second kappa shape index (κ2) is 8.81. The molecule has 0 unspecified atom stereocenters. The fourth-order valence-corrected chi connectivity index (χ4v) is 5.25. The van der Waals surface area contributed by atoms with Crippen LogP contribution in [-0.2, 0) is 6.54 Å². The summed E-state index contributed by atoms with van der Waals surface area (Å²) < 4.78 is 0. The van der Waals surface area contributed by atoms with Gasteiger partial charge in [0.05, 0.1) is 21.6 Å². The Bertz CT molecular complexity index is 1080. The van der Waals surface area contributed by atoms with Crippen LogP contribution in [0, 0.1) is 0 Å². The molecule has 29 heavy (non-hydrogen) atoms. The summed E-state index contributed by atoms with van der Waals surface area (Å²) in [4.78, 5) is 3.32. The van der Waals surface area contributed by atoms with Crippen molar-refractivity contribution in [1.82, 2.24) is 0 Å². The molecule has 0 bridgehead atoms. The van der Waals surface area contributed by atoms with Crippen molar-refractivity contribution in [3.05, 3.63) is 97.4 Å². The zero-order valence-corrected chi connectivity index (χ0v) is 19.0. The molecule has 0 saturated heterocycles. The number of halogens is 4. The van der Waals surface area contributed by atoms with Crippen LogP contribution in [0.4, 0.5) is 5.69 Å². The van der Waals surface area contributed by atoms with Crippen LogP contribution in [0.25, 0.3) is 10.6 Å². The summed E-state index contributed by atoms with van der Waals surface area (Å²) >= 11 is 26.8. The summed E-state index contributed by atoms with van der Waals surface area (Å²) in [6.45, 7) is 0.511. The third kappa shape index (κ3) is 4.41. The van der Waals surface area contributed by atoms with E-state index in [1.54, 1.807) is 17.8 Å². The van der Waals surface area contributed by atoms with E-state index < -0.39 is 0 Å². The normalized spacial score (nSPS) is 14.0. The van der Waals surface area contributed by atoms with Gasteiger partial charge in [-0.15, -0.1) is 11.8 Å². The van der Waals surface area contributed by atoms with Crippen molar-refractivity contribution in [3.8, 4) is 0 Å². The average molecular weight is 482 g/mol. The summed E-state index contributed by atoms with van der Waals surface area (Å²) in [7, 11) is 0. The molecule has 1 aliphatic rings. The van der Waals surface area contributed by atoms with Crippen LogP contribution in [-0.4, -0.2) is 5.88 Å². The molecule has 0 amide bonds. The molecule has 3 aromatic rings. The highest BCUT2D eigenvalue weighted by atomic mass is 35.5. The second-order valence-corrected chi connectivity index (χ2v) is 9.18. The van der Waals surface area contributed by atoms with E-state index >= 15 is 0 Å². The summed E-state index contributed by atoms with van der Waals surface area (Å²) in [6, 6.07) is 19.5. The zero-order valence-electron chi connectivity index (χ0n) is 15.1. The van der Waals surface area contributed by atoms with E-state index in [4.69, 9.17) is 52.1 Å². The summed E-state index contributed by atoms with van der Waals surface area (Å²) in [5, 5.41) is 2.23. The van der Waals surface area contributed by atoms with Gasteiger partial charge in [-0.3, -0.25) is 0 Å². The Morgan fingerprint density at radius 3 is 2.10 bits per heavy atom. The molecule has 0 fully saturated rings. The highest BCUT2D eigenvalue weighted by Crippen LogP contribution is 2.47. The van der Waals surface area contributed by atoms with E-state index in [2.05, 4.69) is 17.0 Å². The molecule has 1 aliphatic heterocycles. The third-order valence-electron chi connectivity index (χ3n) is 4.62. The average Bonchev–Trinajstić information content (AvgIpc) is 3.14. The molecule has 3 aromatic carbocycles. The number of hydrogen-bond donors (Lipinski definition) is 1. The van der Waals surface area contributed by atoms with Crippen LogP contribution in [0.2, 0.25) is 20.1 Å². The SMILES string of the molecule is NCc1ccc(N2CSC(c3cc(Cl)cc(Cl)c3)=C2c2ccc(Cl)c(Cl)c2)cc1. The van der Waals surface area contributed by atoms with Crippen molar-refractivity contribution < 1.29 is 0 Å². The number of anilines is 1. The fourth-order valence-electron chi connectivity index (χ4n) is 3.24. The molecular formula is C22H16Cl4N2S. The van der Waals surface area contributed by atoms with Gasteiger partial charge in [-0.1, -0.05) is 64.6 Å². The highest BCUT2D eigenvalue weighted by molar-refractivity contribution is 8.09. The number of benzene rings is 3. The minimum Gasteiger partial charge on any atom is -0.330 e. The van der Waals surface area contributed by atoms with Crippen molar-refractivity contribution in [2.45, 2.75) is 6.54 Å². The number of hydrogen-bond acceptors (Lipinski definition) is 3. The topological polar surface area (TPSA) is 29.3 Å². The Balaban J connectivity index is 1.89. The van der Waals surface area contributed by atoms with Crippen LogP contribution in [0.1, 0.15) is 16.7 Å². The van der Waals surface area contributed by atoms with Crippen molar-refractivity contribution >= 4 is 74.5 Å². The molecule has 2 nitrogen and oxygen atoms in total. The lowest BCUT2D eigenvalue weighted by Gasteiger charge is -2.23. The quantitative estimate of drug-likeness (QED) is 0.412. The summed E-state index contributed by atoms with van der Waals surface area (Å²) in [5.41, 5.74) is 10.9. The lowest BCUT2D eigenvalue weighted by atomic mass is 10.1. The molecule has 2 N–H and O–H groups in total. The van der Waals surface area contributed by atoms with Gasteiger partial charge < -0.3 is 10.6 Å². The van der Waals surface area contributed by atoms with Crippen molar-refractivity contribution in [3.63, 3.8) is 0 Å². The van der Waals surface area contributed by atoms with Gasteiger partial charge in [0.1, 0.15) is 0 Å². The molecule has 0 aliphatic carbocycles. The lowest BCUT2D eigenvalue weighted by molar-refractivity contribution is 1.07. The molecule has 148 valence electrons. The largest absolute Gasteiger partial charge is 0.330 e. The second-order valence-electron chi connectivity index (χ2n) is 6.54. The molecule has 7 heteroatoms. The predicted molar refractivity (Wildman–Crippen MR) is 129 cm³/mol. The van der Waals surface area contributed by atoms with Gasteiger partial charge in [-0.05, 0) is 53.6 Å². The van der Waals surface area contributed by atoms with Crippen molar-refractivity contribution in [1.29, 1.82) is 0 Å². The van der Waals surface area contributed by atoms with Gasteiger partial charge >= 0.3 is 0 Å². The molecule has 0 radical (unpaired) electrons. The smallest absolute Gasteiger partial charge is 0.0736 e. The highest BCUT2D eigenvalue weighted by Gasteiger charge is 2.27. The number of nitrogens with two attached hydrogens (primary N) is 1. The first-order valence-electron chi connectivity index (χ1n) is 8.82. The van der Waals surface area contributed by atoms with E-state index in [1.807, 2.05) is 42.5 Å². The van der Waals surface area contributed by atoms with Crippen LogP contribution in [0.15, 0.2) is 60.7 Å². The minimum absolute atomic E-state index is 0.510. The van der Waals surface area contributed by atoms with Crippen LogP contribution < -0.4 is 10.6 Å². The Kier molecular flexibility index (Phi) is 6.35. The molecule has 4 rings (SSSR count).